The summed E-state index contributed by atoms with van der Waals surface area (Å²) in [6, 6.07) is 13.9. The van der Waals surface area contributed by atoms with Gasteiger partial charge in [0, 0.05) is 33.9 Å². The van der Waals surface area contributed by atoms with Gasteiger partial charge in [0.25, 0.3) is 0 Å². The van der Waals surface area contributed by atoms with Crippen molar-refractivity contribution in [3.05, 3.63) is 69.8 Å². The Balaban J connectivity index is 2.03. The molecule has 102 valence electrons. The van der Waals surface area contributed by atoms with Crippen molar-refractivity contribution in [3.8, 4) is 0 Å². The molecule has 0 atom stereocenters. The highest BCUT2D eigenvalue weighted by Crippen LogP contribution is 2.27. The predicted molar refractivity (Wildman–Crippen MR) is 85.4 cm³/mol. The van der Waals surface area contributed by atoms with E-state index in [1.165, 1.54) is 5.39 Å². The van der Waals surface area contributed by atoms with Gasteiger partial charge in [0.2, 0.25) is 0 Å². The number of nitrogens with zero attached hydrogens (tertiary/aromatic N) is 1. The van der Waals surface area contributed by atoms with Crippen LogP contribution in [0.4, 0.5) is 0 Å². The van der Waals surface area contributed by atoms with Crippen molar-refractivity contribution < 1.29 is 0 Å². The highest BCUT2D eigenvalue weighted by Gasteiger charge is 2.08. The van der Waals surface area contributed by atoms with Gasteiger partial charge in [-0.3, -0.25) is 0 Å². The minimum absolute atomic E-state index is 0.553. The summed E-state index contributed by atoms with van der Waals surface area (Å²) in [6.45, 7) is 1.21. The molecule has 1 aromatic heterocycles. The maximum Gasteiger partial charge on any atom is 0.0505 e. The number of halogens is 2. The number of hydrogen-bond acceptors (Lipinski definition) is 1. The summed E-state index contributed by atoms with van der Waals surface area (Å²) in [5, 5.41) is 2.56. The minimum atomic E-state index is 0.553. The average Bonchev–Trinajstić information content (AvgIpc) is 2.85. The Bertz CT molecular complexity index is 742. The molecule has 0 aliphatic heterocycles. The molecule has 2 nitrogen and oxygen atoms in total. The quantitative estimate of drug-likeness (QED) is 0.761. The lowest BCUT2D eigenvalue weighted by Gasteiger charge is -2.10. The number of aromatic nitrogens is 1. The molecule has 2 N–H and O–H groups in total. The number of fused-ring (bicyclic) bond motifs is 1. The summed E-state index contributed by atoms with van der Waals surface area (Å²) in [5.41, 5.74) is 8.89. The van der Waals surface area contributed by atoms with Gasteiger partial charge in [-0.05, 0) is 41.3 Å². The molecule has 2 aromatic carbocycles. The molecule has 0 aliphatic carbocycles. The molecule has 0 saturated heterocycles. The third kappa shape index (κ3) is 2.42. The van der Waals surface area contributed by atoms with Crippen molar-refractivity contribution in [2.45, 2.75) is 13.1 Å². The fourth-order valence-corrected chi connectivity index (χ4v) is 2.89. The van der Waals surface area contributed by atoms with Crippen LogP contribution in [0.25, 0.3) is 10.9 Å². The van der Waals surface area contributed by atoms with Gasteiger partial charge in [0.1, 0.15) is 0 Å². The van der Waals surface area contributed by atoms with E-state index >= 15 is 0 Å². The Kier molecular flexibility index (Phi) is 3.70. The van der Waals surface area contributed by atoms with Crippen molar-refractivity contribution in [1.29, 1.82) is 0 Å². The molecule has 0 bridgehead atoms. The first-order valence-electron chi connectivity index (χ1n) is 6.40. The maximum absolute atomic E-state index is 6.23. The summed E-state index contributed by atoms with van der Waals surface area (Å²) in [4.78, 5) is 0. The Morgan fingerprint density at radius 1 is 1.00 bits per heavy atom. The van der Waals surface area contributed by atoms with E-state index in [-0.39, 0.29) is 0 Å². The van der Waals surface area contributed by atoms with Crippen molar-refractivity contribution in [2.24, 2.45) is 5.73 Å². The van der Waals surface area contributed by atoms with Gasteiger partial charge in [-0.1, -0.05) is 35.3 Å². The average molecular weight is 305 g/mol. The van der Waals surface area contributed by atoms with Crippen LogP contribution < -0.4 is 5.73 Å². The lowest BCUT2D eigenvalue weighted by molar-refractivity contribution is 0.837. The molecule has 0 fully saturated rings. The summed E-state index contributed by atoms with van der Waals surface area (Å²) in [5.74, 6) is 0. The summed E-state index contributed by atoms with van der Waals surface area (Å²) < 4.78 is 2.14. The molecule has 0 amide bonds. The molecule has 1 heterocycles. The number of nitrogens with two attached hydrogens (primary N) is 1. The molecular formula is C16H14Cl2N2. The topological polar surface area (TPSA) is 30.9 Å². The van der Waals surface area contributed by atoms with E-state index < -0.39 is 0 Å². The van der Waals surface area contributed by atoms with Gasteiger partial charge in [0.15, 0.2) is 0 Å². The van der Waals surface area contributed by atoms with Crippen molar-refractivity contribution in [2.75, 3.05) is 0 Å². The summed E-state index contributed by atoms with van der Waals surface area (Å²) >= 11 is 12.5. The molecule has 3 rings (SSSR count). The lowest BCUT2D eigenvalue weighted by atomic mass is 10.1. The second-order valence-electron chi connectivity index (χ2n) is 4.74. The fourth-order valence-electron chi connectivity index (χ4n) is 2.37. The summed E-state index contributed by atoms with van der Waals surface area (Å²) in [7, 11) is 0. The Labute approximate surface area is 127 Å². The highest BCUT2D eigenvalue weighted by atomic mass is 35.5. The smallest absolute Gasteiger partial charge is 0.0505 e. The molecule has 0 unspecified atom stereocenters. The second kappa shape index (κ2) is 5.49. The van der Waals surface area contributed by atoms with Crippen LogP contribution in [0.3, 0.4) is 0 Å². The molecule has 3 aromatic rings. The Morgan fingerprint density at radius 2 is 1.75 bits per heavy atom. The van der Waals surface area contributed by atoms with Crippen LogP contribution in [0.2, 0.25) is 10.0 Å². The fraction of sp³-hybridized carbons (Fsp3) is 0.125. The molecule has 20 heavy (non-hydrogen) atoms. The van der Waals surface area contributed by atoms with E-state index in [2.05, 4.69) is 22.8 Å². The third-order valence-electron chi connectivity index (χ3n) is 3.46. The van der Waals surface area contributed by atoms with E-state index in [9.17, 15) is 0 Å². The van der Waals surface area contributed by atoms with E-state index in [1.54, 1.807) is 0 Å². The van der Waals surface area contributed by atoms with Gasteiger partial charge in [-0.15, -0.1) is 0 Å². The van der Waals surface area contributed by atoms with E-state index in [4.69, 9.17) is 28.9 Å². The zero-order chi connectivity index (χ0) is 14.1. The van der Waals surface area contributed by atoms with Gasteiger partial charge in [-0.2, -0.15) is 0 Å². The van der Waals surface area contributed by atoms with Crippen LogP contribution in [0.5, 0.6) is 0 Å². The van der Waals surface area contributed by atoms with Crippen molar-refractivity contribution in [1.82, 2.24) is 4.57 Å². The molecule has 0 saturated carbocycles. The van der Waals surface area contributed by atoms with Crippen LogP contribution in [-0.4, -0.2) is 4.57 Å². The van der Waals surface area contributed by atoms with Gasteiger partial charge in [-0.25, -0.2) is 0 Å². The highest BCUT2D eigenvalue weighted by molar-refractivity contribution is 6.36. The molecule has 4 heteroatoms. The number of hydrogen-bond donors (Lipinski definition) is 1. The van der Waals surface area contributed by atoms with Gasteiger partial charge < -0.3 is 10.3 Å². The normalized spacial score (nSPS) is 11.2. The molecule has 0 spiro atoms. The van der Waals surface area contributed by atoms with E-state index in [1.807, 2.05) is 30.5 Å². The number of rotatable bonds is 3. The molecule has 0 radical (unpaired) electrons. The van der Waals surface area contributed by atoms with Crippen molar-refractivity contribution >= 4 is 34.1 Å². The van der Waals surface area contributed by atoms with Gasteiger partial charge in [0.05, 0.1) is 6.54 Å². The zero-order valence-corrected chi connectivity index (χ0v) is 12.3. The first-order valence-corrected chi connectivity index (χ1v) is 7.15. The Morgan fingerprint density at radius 3 is 2.45 bits per heavy atom. The first-order chi connectivity index (χ1) is 9.69. The van der Waals surface area contributed by atoms with Gasteiger partial charge >= 0.3 is 0 Å². The lowest BCUT2D eigenvalue weighted by Crippen LogP contribution is -2.00. The largest absolute Gasteiger partial charge is 0.343 e. The van der Waals surface area contributed by atoms with Crippen LogP contribution in [0, 0.1) is 0 Å². The van der Waals surface area contributed by atoms with Crippen LogP contribution >= 0.6 is 23.2 Å². The second-order valence-corrected chi connectivity index (χ2v) is 5.56. The van der Waals surface area contributed by atoms with Crippen LogP contribution in [-0.2, 0) is 13.1 Å². The van der Waals surface area contributed by atoms with E-state index in [0.717, 1.165) is 16.6 Å². The van der Waals surface area contributed by atoms with Crippen LogP contribution in [0.1, 0.15) is 11.1 Å². The third-order valence-corrected chi connectivity index (χ3v) is 4.17. The number of benzene rings is 2. The molecular weight excluding hydrogens is 291 g/mol. The zero-order valence-electron chi connectivity index (χ0n) is 10.8. The minimum Gasteiger partial charge on any atom is -0.343 e. The molecule has 0 aliphatic rings. The maximum atomic E-state index is 6.23. The Hall–Kier alpha value is -1.48. The van der Waals surface area contributed by atoms with Crippen LogP contribution in [0.15, 0.2) is 48.7 Å². The summed E-state index contributed by atoms with van der Waals surface area (Å²) in [6.07, 6.45) is 2.05. The monoisotopic (exact) mass is 304 g/mol. The predicted octanol–water partition coefficient (Wildman–Crippen LogP) is 4.46. The van der Waals surface area contributed by atoms with E-state index in [0.29, 0.717) is 23.1 Å². The standard InChI is InChI=1S/C16H14Cl2N2/c17-14-2-1-3-15(18)13(14)10-20-7-6-12-8-11(9-19)4-5-16(12)20/h1-8H,9-10,19H2. The SMILES string of the molecule is NCc1ccc2c(ccn2Cc2c(Cl)cccc2Cl)c1. The first kappa shape index (κ1) is 13.5. The van der Waals surface area contributed by atoms with Crippen molar-refractivity contribution in [3.63, 3.8) is 0 Å².